The van der Waals surface area contributed by atoms with Crippen LogP contribution in [0.15, 0.2) is 11.2 Å². The summed E-state index contributed by atoms with van der Waals surface area (Å²) in [7, 11) is 1.80. The molecule has 1 saturated heterocycles. The molecule has 23 heavy (non-hydrogen) atoms. The molecule has 2 atom stereocenters. The Labute approximate surface area is 160 Å². The van der Waals surface area contributed by atoms with Crippen molar-refractivity contribution in [2.24, 2.45) is 4.99 Å². The molecule has 0 amide bonds. The summed E-state index contributed by atoms with van der Waals surface area (Å²) in [5.41, 5.74) is 0. The van der Waals surface area contributed by atoms with E-state index in [-0.39, 0.29) is 24.0 Å². The van der Waals surface area contributed by atoms with Crippen LogP contribution in [0.25, 0.3) is 0 Å². The highest BCUT2D eigenvalue weighted by Crippen LogP contribution is 2.11. The molecular formula is C15H28IN5OS. The number of nitrogens with zero attached hydrogens (tertiary/aromatic N) is 3. The third kappa shape index (κ3) is 6.52. The van der Waals surface area contributed by atoms with Crippen molar-refractivity contribution in [1.82, 2.24) is 20.5 Å². The van der Waals surface area contributed by atoms with Crippen molar-refractivity contribution in [2.45, 2.75) is 39.4 Å². The molecule has 1 aliphatic heterocycles. The maximum Gasteiger partial charge on any atom is 0.191 e. The number of thiazole rings is 1. The summed E-state index contributed by atoms with van der Waals surface area (Å²) >= 11 is 1.71. The highest BCUT2D eigenvalue weighted by molar-refractivity contribution is 14.0. The number of nitrogens with one attached hydrogen (secondary N) is 2. The van der Waals surface area contributed by atoms with E-state index in [1.807, 2.05) is 6.20 Å². The predicted octanol–water partition coefficient (Wildman–Crippen LogP) is 1.84. The van der Waals surface area contributed by atoms with Crippen LogP contribution in [0.5, 0.6) is 0 Å². The summed E-state index contributed by atoms with van der Waals surface area (Å²) in [5, 5.41) is 7.79. The average Bonchev–Trinajstić information content (AvgIpc) is 2.93. The van der Waals surface area contributed by atoms with Gasteiger partial charge in [0.1, 0.15) is 5.01 Å². The predicted molar refractivity (Wildman–Crippen MR) is 107 cm³/mol. The fourth-order valence-corrected chi connectivity index (χ4v) is 3.35. The van der Waals surface area contributed by atoms with E-state index < -0.39 is 0 Å². The van der Waals surface area contributed by atoms with E-state index in [4.69, 9.17) is 4.74 Å². The van der Waals surface area contributed by atoms with Crippen LogP contribution < -0.4 is 10.6 Å². The first kappa shape index (κ1) is 20.6. The van der Waals surface area contributed by atoms with Crippen molar-refractivity contribution in [3.8, 4) is 0 Å². The Bertz CT molecular complexity index is 496. The Hall–Kier alpha value is -0.450. The average molecular weight is 453 g/mol. The summed E-state index contributed by atoms with van der Waals surface area (Å²) in [5.74, 6) is 0.820. The minimum absolute atomic E-state index is 0. The van der Waals surface area contributed by atoms with Crippen LogP contribution in [0.3, 0.4) is 0 Å². The maximum atomic E-state index is 5.49. The highest BCUT2D eigenvalue weighted by atomic mass is 127. The van der Waals surface area contributed by atoms with Crippen LogP contribution in [-0.4, -0.2) is 61.3 Å². The van der Waals surface area contributed by atoms with Crippen molar-refractivity contribution in [3.63, 3.8) is 0 Å². The molecule has 2 unspecified atom stereocenters. The van der Waals surface area contributed by atoms with Crippen molar-refractivity contribution in [3.05, 3.63) is 16.1 Å². The van der Waals surface area contributed by atoms with Crippen LogP contribution in [0.2, 0.25) is 0 Å². The van der Waals surface area contributed by atoms with Gasteiger partial charge in [-0.2, -0.15) is 0 Å². The molecule has 0 aliphatic carbocycles. The fraction of sp³-hybridized carbons (Fsp3) is 0.733. The molecule has 0 radical (unpaired) electrons. The normalized spacial score (nSPS) is 20.7. The molecule has 2 heterocycles. The lowest BCUT2D eigenvalue weighted by Crippen LogP contribution is -2.52. The standard InChI is InChI=1S/C15H27N5OS.HI/c1-11(20-5-6-21-10-12(20)2)7-18-15(16-4)19-9-14-17-8-13(3)22-14;/h8,11-12H,5-7,9-10H2,1-4H3,(H2,16,18,19);1H. The van der Waals surface area contributed by atoms with Gasteiger partial charge in [0.15, 0.2) is 5.96 Å². The van der Waals surface area contributed by atoms with Gasteiger partial charge in [-0.3, -0.25) is 9.89 Å². The molecule has 1 fully saturated rings. The van der Waals surface area contributed by atoms with Crippen molar-refractivity contribution in [1.29, 1.82) is 0 Å². The zero-order chi connectivity index (χ0) is 15.9. The Morgan fingerprint density at radius 1 is 1.57 bits per heavy atom. The molecule has 2 rings (SSSR count). The van der Waals surface area contributed by atoms with Crippen LogP contribution in [0.4, 0.5) is 0 Å². The zero-order valence-corrected chi connectivity index (χ0v) is 17.5. The molecule has 6 nitrogen and oxygen atoms in total. The molecule has 0 bridgehead atoms. The van der Waals surface area contributed by atoms with Gasteiger partial charge < -0.3 is 15.4 Å². The minimum Gasteiger partial charge on any atom is -0.379 e. The van der Waals surface area contributed by atoms with E-state index >= 15 is 0 Å². The number of rotatable bonds is 5. The van der Waals surface area contributed by atoms with E-state index in [1.165, 1.54) is 4.88 Å². The monoisotopic (exact) mass is 453 g/mol. The first-order valence-electron chi connectivity index (χ1n) is 7.79. The first-order valence-corrected chi connectivity index (χ1v) is 8.61. The first-order chi connectivity index (χ1) is 10.6. The Balaban J connectivity index is 0.00000264. The molecule has 8 heteroatoms. The minimum atomic E-state index is 0. The Morgan fingerprint density at radius 3 is 2.96 bits per heavy atom. The number of aliphatic imine (C=N–C) groups is 1. The molecule has 132 valence electrons. The van der Waals surface area contributed by atoms with Gasteiger partial charge in [-0.05, 0) is 20.8 Å². The molecule has 0 spiro atoms. The number of halogens is 1. The second-order valence-corrected chi connectivity index (χ2v) is 7.00. The van der Waals surface area contributed by atoms with Crippen molar-refractivity contribution < 1.29 is 4.74 Å². The molecule has 0 aromatic carbocycles. The van der Waals surface area contributed by atoms with Gasteiger partial charge in [0.05, 0.1) is 19.8 Å². The summed E-state index contributed by atoms with van der Waals surface area (Å²) in [6, 6.07) is 0.915. The molecule has 1 aliphatic rings. The van der Waals surface area contributed by atoms with Gasteiger partial charge >= 0.3 is 0 Å². The number of guanidine groups is 1. The lowest BCUT2D eigenvalue weighted by molar-refractivity contribution is -0.0174. The number of aromatic nitrogens is 1. The van der Waals surface area contributed by atoms with E-state index in [0.29, 0.717) is 18.6 Å². The van der Waals surface area contributed by atoms with Gasteiger partial charge in [-0.1, -0.05) is 0 Å². The zero-order valence-electron chi connectivity index (χ0n) is 14.3. The lowest BCUT2D eigenvalue weighted by Gasteiger charge is -2.38. The third-order valence-corrected chi connectivity index (χ3v) is 4.76. The maximum absolute atomic E-state index is 5.49. The smallest absolute Gasteiger partial charge is 0.191 e. The summed E-state index contributed by atoms with van der Waals surface area (Å²) < 4.78 is 5.49. The largest absolute Gasteiger partial charge is 0.379 e. The van der Waals surface area contributed by atoms with Gasteiger partial charge in [0, 0.05) is 43.3 Å². The molecule has 0 saturated carbocycles. The Kier molecular flexibility index (Phi) is 9.33. The van der Waals surface area contributed by atoms with E-state index in [9.17, 15) is 0 Å². The van der Waals surface area contributed by atoms with Crippen LogP contribution in [0, 0.1) is 6.92 Å². The summed E-state index contributed by atoms with van der Waals surface area (Å²) in [4.78, 5) is 12.3. The van der Waals surface area contributed by atoms with E-state index in [2.05, 4.69) is 46.3 Å². The van der Waals surface area contributed by atoms with Crippen LogP contribution in [-0.2, 0) is 11.3 Å². The fourth-order valence-electron chi connectivity index (χ4n) is 2.62. The molecule has 1 aromatic rings. The molecule has 2 N–H and O–H groups in total. The lowest BCUT2D eigenvalue weighted by atomic mass is 10.2. The van der Waals surface area contributed by atoms with Gasteiger partial charge in [-0.25, -0.2) is 4.98 Å². The summed E-state index contributed by atoms with van der Waals surface area (Å²) in [6.07, 6.45) is 1.90. The number of ether oxygens (including phenoxy) is 1. The van der Waals surface area contributed by atoms with Crippen molar-refractivity contribution >= 4 is 41.3 Å². The number of aryl methyl sites for hydroxylation is 1. The van der Waals surface area contributed by atoms with Gasteiger partial charge in [0.2, 0.25) is 0 Å². The van der Waals surface area contributed by atoms with Gasteiger partial charge in [0.25, 0.3) is 0 Å². The molecule has 1 aromatic heterocycles. The van der Waals surface area contributed by atoms with E-state index in [0.717, 1.165) is 37.3 Å². The van der Waals surface area contributed by atoms with Crippen molar-refractivity contribution in [2.75, 3.05) is 33.4 Å². The number of hydrogen-bond donors (Lipinski definition) is 2. The van der Waals surface area contributed by atoms with Crippen LogP contribution >= 0.6 is 35.3 Å². The number of morpholine rings is 1. The summed E-state index contributed by atoms with van der Waals surface area (Å²) in [6.45, 7) is 10.7. The van der Waals surface area contributed by atoms with E-state index in [1.54, 1.807) is 18.4 Å². The Morgan fingerprint density at radius 2 is 2.35 bits per heavy atom. The molecular weight excluding hydrogens is 425 g/mol. The third-order valence-electron chi connectivity index (χ3n) is 3.85. The quantitative estimate of drug-likeness (QED) is 0.405. The second-order valence-electron chi connectivity index (χ2n) is 5.68. The second kappa shape index (κ2) is 10.4. The topological polar surface area (TPSA) is 61.8 Å². The highest BCUT2D eigenvalue weighted by Gasteiger charge is 2.23. The SMILES string of the molecule is CN=C(NCc1ncc(C)s1)NCC(C)N1CCOCC1C.I. The number of hydrogen-bond acceptors (Lipinski definition) is 5. The van der Waals surface area contributed by atoms with Gasteiger partial charge in [-0.15, -0.1) is 35.3 Å². The van der Waals surface area contributed by atoms with Crippen LogP contribution in [0.1, 0.15) is 23.7 Å².